The van der Waals surface area contributed by atoms with E-state index in [1.807, 2.05) is 32.8 Å². The number of carbonyl (C=O) groups is 1. The van der Waals surface area contributed by atoms with Gasteiger partial charge in [0.05, 0.1) is 12.5 Å². The van der Waals surface area contributed by atoms with Gasteiger partial charge in [0.15, 0.2) is 0 Å². The lowest BCUT2D eigenvalue weighted by molar-refractivity contribution is -0.136. The van der Waals surface area contributed by atoms with E-state index >= 15 is 0 Å². The van der Waals surface area contributed by atoms with Crippen LogP contribution in [0.3, 0.4) is 0 Å². The van der Waals surface area contributed by atoms with Crippen molar-refractivity contribution >= 4 is 5.91 Å². The van der Waals surface area contributed by atoms with Crippen molar-refractivity contribution in [1.29, 1.82) is 0 Å². The molecule has 0 aromatic carbocycles. The molecule has 18 heavy (non-hydrogen) atoms. The maximum Gasteiger partial charge on any atom is 0.227 e. The highest BCUT2D eigenvalue weighted by Crippen LogP contribution is 2.07. The summed E-state index contributed by atoms with van der Waals surface area (Å²) in [5, 5.41) is 0. The van der Waals surface area contributed by atoms with Crippen LogP contribution in [-0.2, 0) is 9.53 Å². The topological polar surface area (TPSA) is 58.8 Å². The number of nitrogens with zero attached hydrogens (tertiary/aromatic N) is 2. The first kappa shape index (κ1) is 17.4. The van der Waals surface area contributed by atoms with Crippen LogP contribution in [0, 0.1) is 5.92 Å². The lowest BCUT2D eigenvalue weighted by atomic mass is 10.0. The average molecular weight is 259 g/mol. The van der Waals surface area contributed by atoms with Crippen molar-refractivity contribution in [3.05, 3.63) is 0 Å². The van der Waals surface area contributed by atoms with Crippen LogP contribution in [0.2, 0.25) is 0 Å². The number of carbonyl (C=O) groups excluding carboxylic acids is 1. The molecule has 0 spiro atoms. The third-order valence-electron chi connectivity index (χ3n) is 3.09. The molecule has 0 radical (unpaired) electrons. The molecule has 1 amide bonds. The fraction of sp³-hybridized carbons (Fsp3) is 0.923. The average Bonchev–Trinajstić information content (AvgIpc) is 2.31. The maximum atomic E-state index is 12.2. The second-order valence-electron chi connectivity index (χ2n) is 5.12. The van der Waals surface area contributed by atoms with Crippen LogP contribution in [0.4, 0.5) is 0 Å². The van der Waals surface area contributed by atoms with Gasteiger partial charge in [0.2, 0.25) is 5.91 Å². The summed E-state index contributed by atoms with van der Waals surface area (Å²) in [6.07, 6.45) is 0.966. The quantitative estimate of drug-likeness (QED) is 0.651. The highest BCUT2D eigenvalue weighted by Gasteiger charge is 2.22. The van der Waals surface area contributed by atoms with E-state index in [4.69, 9.17) is 10.5 Å². The molecule has 5 nitrogen and oxygen atoms in total. The van der Waals surface area contributed by atoms with E-state index in [1.54, 1.807) is 7.11 Å². The highest BCUT2D eigenvalue weighted by molar-refractivity contribution is 5.79. The zero-order chi connectivity index (χ0) is 14.1. The monoisotopic (exact) mass is 259 g/mol. The molecular formula is C13H29N3O2. The smallest absolute Gasteiger partial charge is 0.227 e. The number of ether oxygens (including phenoxy) is 1. The lowest BCUT2D eigenvalue weighted by Crippen LogP contribution is -2.43. The molecular weight excluding hydrogens is 230 g/mol. The number of rotatable bonds is 9. The molecule has 0 aliphatic heterocycles. The summed E-state index contributed by atoms with van der Waals surface area (Å²) in [7, 11) is 5.72. The fourth-order valence-corrected chi connectivity index (χ4v) is 1.62. The molecule has 0 aliphatic carbocycles. The van der Waals surface area contributed by atoms with Crippen LogP contribution in [0.15, 0.2) is 0 Å². The standard InChI is InChI=1S/C13H29N3O2/c1-11(12(2)14)13(17)16(9-10-18-5)8-6-7-15(3)4/h11-12H,6-10,14H2,1-5H3. The van der Waals surface area contributed by atoms with Crippen LogP contribution in [0.25, 0.3) is 0 Å². The first-order valence-corrected chi connectivity index (χ1v) is 6.58. The summed E-state index contributed by atoms with van der Waals surface area (Å²) >= 11 is 0. The molecule has 0 aromatic heterocycles. The van der Waals surface area contributed by atoms with Crippen LogP contribution in [0.5, 0.6) is 0 Å². The SMILES string of the molecule is COCCN(CCCN(C)C)C(=O)C(C)C(C)N. The van der Waals surface area contributed by atoms with E-state index in [1.165, 1.54) is 0 Å². The van der Waals surface area contributed by atoms with Gasteiger partial charge in [-0.3, -0.25) is 4.79 Å². The summed E-state index contributed by atoms with van der Waals surface area (Å²) in [6.45, 7) is 6.70. The van der Waals surface area contributed by atoms with E-state index in [2.05, 4.69) is 4.90 Å². The Hall–Kier alpha value is -0.650. The predicted octanol–water partition coefficient (Wildman–Crippen LogP) is 0.396. The first-order chi connectivity index (χ1) is 8.40. The first-order valence-electron chi connectivity index (χ1n) is 6.58. The molecule has 2 N–H and O–H groups in total. The molecule has 0 aromatic rings. The van der Waals surface area contributed by atoms with Crippen molar-refractivity contribution in [2.45, 2.75) is 26.3 Å². The molecule has 2 unspecified atom stereocenters. The van der Waals surface area contributed by atoms with Crippen molar-refractivity contribution in [3.63, 3.8) is 0 Å². The lowest BCUT2D eigenvalue weighted by Gasteiger charge is -2.27. The number of methoxy groups -OCH3 is 1. The zero-order valence-corrected chi connectivity index (χ0v) is 12.5. The van der Waals surface area contributed by atoms with Gasteiger partial charge in [-0.15, -0.1) is 0 Å². The molecule has 0 aliphatic rings. The maximum absolute atomic E-state index is 12.2. The largest absolute Gasteiger partial charge is 0.383 e. The van der Waals surface area contributed by atoms with Gasteiger partial charge < -0.3 is 20.3 Å². The van der Waals surface area contributed by atoms with Gasteiger partial charge in [0.25, 0.3) is 0 Å². The Morgan fingerprint density at radius 2 is 1.83 bits per heavy atom. The van der Waals surface area contributed by atoms with Crippen LogP contribution >= 0.6 is 0 Å². The van der Waals surface area contributed by atoms with Crippen LogP contribution in [-0.4, -0.2) is 69.2 Å². The van der Waals surface area contributed by atoms with Gasteiger partial charge in [-0.05, 0) is 34.0 Å². The molecule has 0 rings (SSSR count). The second kappa shape index (κ2) is 9.30. The van der Waals surface area contributed by atoms with Gasteiger partial charge in [0, 0.05) is 26.2 Å². The van der Waals surface area contributed by atoms with Crippen molar-refractivity contribution < 1.29 is 9.53 Å². The highest BCUT2D eigenvalue weighted by atomic mass is 16.5. The summed E-state index contributed by atoms with van der Waals surface area (Å²) in [5.41, 5.74) is 5.79. The van der Waals surface area contributed by atoms with E-state index in [0.29, 0.717) is 13.2 Å². The summed E-state index contributed by atoms with van der Waals surface area (Å²) in [6, 6.07) is -0.114. The molecule has 0 heterocycles. The van der Waals surface area contributed by atoms with Crippen LogP contribution < -0.4 is 5.73 Å². The minimum absolute atomic E-state index is 0.114. The second-order valence-corrected chi connectivity index (χ2v) is 5.12. The number of hydrogen-bond donors (Lipinski definition) is 1. The molecule has 0 fully saturated rings. The Morgan fingerprint density at radius 3 is 2.28 bits per heavy atom. The summed E-state index contributed by atoms with van der Waals surface area (Å²) < 4.78 is 5.05. The molecule has 0 saturated carbocycles. The van der Waals surface area contributed by atoms with Gasteiger partial charge in [-0.2, -0.15) is 0 Å². The van der Waals surface area contributed by atoms with Crippen molar-refractivity contribution in [2.24, 2.45) is 11.7 Å². The normalized spacial score (nSPS) is 14.6. The van der Waals surface area contributed by atoms with Crippen molar-refractivity contribution in [2.75, 3.05) is 47.4 Å². The minimum Gasteiger partial charge on any atom is -0.383 e. The van der Waals surface area contributed by atoms with Gasteiger partial charge in [0.1, 0.15) is 0 Å². The van der Waals surface area contributed by atoms with Crippen molar-refractivity contribution in [1.82, 2.24) is 9.80 Å². The van der Waals surface area contributed by atoms with E-state index in [0.717, 1.165) is 19.5 Å². The Kier molecular flexibility index (Phi) is 8.97. The minimum atomic E-state index is -0.138. The molecule has 5 heteroatoms. The Bertz CT molecular complexity index is 232. The molecule has 0 saturated heterocycles. The number of nitrogens with two attached hydrogens (primary N) is 1. The third kappa shape index (κ3) is 6.93. The number of hydrogen-bond acceptors (Lipinski definition) is 4. The predicted molar refractivity (Wildman–Crippen MR) is 74.4 cm³/mol. The molecule has 2 atom stereocenters. The van der Waals surface area contributed by atoms with E-state index in [9.17, 15) is 4.79 Å². The van der Waals surface area contributed by atoms with Gasteiger partial charge in [-0.25, -0.2) is 0 Å². The summed E-state index contributed by atoms with van der Waals surface area (Å²) in [5.74, 6) is -0.0120. The fourth-order valence-electron chi connectivity index (χ4n) is 1.62. The van der Waals surface area contributed by atoms with E-state index in [-0.39, 0.29) is 17.9 Å². The Labute approximate surface area is 111 Å². The zero-order valence-electron chi connectivity index (χ0n) is 12.5. The Morgan fingerprint density at radius 1 is 1.22 bits per heavy atom. The van der Waals surface area contributed by atoms with E-state index < -0.39 is 0 Å². The third-order valence-corrected chi connectivity index (χ3v) is 3.09. The van der Waals surface area contributed by atoms with Gasteiger partial charge >= 0.3 is 0 Å². The van der Waals surface area contributed by atoms with Crippen molar-refractivity contribution in [3.8, 4) is 0 Å². The number of amides is 1. The summed E-state index contributed by atoms with van der Waals surface area (Å²) in [4.78, 5) is 16.2. The molecule has 0 bridgehead atoms. The van der Waals surface area contributed by atoms with Gasteiger partial charge in [-0.1, -0.05) is 6.92 Å². The Balaban J connectivity index is 4.32. The molecule has 108 valence electrons. The van der Waals surface area contributed by atoms with Crippen LogP contribution in [0.1, 0.15) is 20.3 Å².